The first-order chi connectivity index (χ1) is 8.28. The molecule has 0 fully saturated rings. The molecular weight excluding hydrogens is 318 g/mol. The van der Waals surface area contributed by atoms with Crippen molar-refractivity contribution in [1.82, 2.24) is 5.32 Å². The van der Waals surface area contributed by atoms with Gasteiger partial charge in [0.15, 0.2) is 0 Å². The van der Waals surface area contributed by atoms with E-state index in [1.54, 1.807) is 0 Å². The van der Waals surface area contributed by atoms with Crippen molar-refractivity contribution in [3.05, 3.63) is 28.0 Å². The van der Waals surface area contributed by atoms with Gasteiger partial charge in [-0.15, -0.1) is 0 Å². The van der Waals surface area contributed by atoms with Crippen LogP contribution in [0.25, 0.3) is 0 Å². The van der Waals surface area contributed by atoms with Gasteiger partial charge in [-0.2, -0.15) is 13.2 Å². The van der Waals surface area contributed by atoms with Gasteiger partial charge in [0.05, 0.1) is 18.0 Å². The summed E-state index contributed by atoms with van der Waals surface area (Å²) in [7, 11) is 2.69. The highest BCUT2D eigenvalue weighted by Crippen LogP contribution is 2.36. The van der Waals surface area contributed by atoms with Crippen molar-refractivity contribution < 1.29 is 22.3 Å². The molecule has 0 aromatic heterocycles. The third-order valence-electron chi connectivity index (χ3n) is 2.43. The van der Waals surface area contributed by atoms with Crippen LogP contribution in [0, 0.1) is 5.82 Å². The fourth-order valence-corrected chi connectivity index (χ4v) is 1.95. The summed E-state index contributed by atoms with van der Waals surface area (Å²) >= 11 is 2.95. The van der Waals surface area contributed by atoms with Crippen LogP contribution in [0.1, 0.15) is 18.0 Å². The molecule has 0 saturated carbocycles. The zero-order valence-corrected chi connectivity index (χ0v) is 11.3. The molecule has 0 bridgehead atoms. The molecule has 0 aliphatic heterocycles. The Kier molecular flexibility index (Phi) is 4.98. The molecule has 0 aliphatic rings. The molecule has 1 aromatic rings. The van der Waals surface area contributed by atoms with Gasteiger partial charge < -0.3 is 10.1 Å². The van der Waals surface area contributed by atoms with Gasteiger partial charge in [-0.3, -0.25) is 0 Å². The second-order valence-electron chi connectivity index (χ2n) is 3.67. The Morgan fingerprint density at radius 3 is 2.44 bits per heavy atom. The Morgan fingerprint density at radius 1 is 1.39 bits per heavy atom. The topological polar surface area (TPSA) is 21.3 Å². The van der Waals surface area contributed by atoms with Crippen molar-refractivity contribution in [3.8, 4) is 5.75 Å². The van der Waals surface area contributed by atoms with Crippen LogP contribution in [0.5, 0.6) is 5.75 Å². The minimum Gasteiger partial charge on any atom is -0.496 e. The molecule has 1 aromatic carbocycles. The molecule has 0 spiro atoms. The number of alkyl halides is 3. The molecule has 0 saturated heterocycles. The van der Waals surface area contributed by atoms with E-state index >= 15 is 0 Å². The first-order valence-electron chi connectivity index (χ1n) is 5.05. The number of halogens is 5. The standard InChI is InChI=1S/C11H12BrF4NO/c1-17-9(5-11(14,15)16)6-3-7(12)8(13)4-10(6)18-2/h3-4,9,17H,5H2,1-2H3. The Morgan fingerprint density at radius 2 is 2.00 bits per heavy atom. The van der Waals surface area contributed by atoms with Crippen LogP contribution in [0.2, 0.25) is 0 Å². The van der Waals surface area contributed by atoms with Gasteiger partial charge in [0, 0.05) is 17.7 Å². The Balaban J connectivity index is 3.16. The van der Waals surface area contributed by atoms with Crippen LogP contribution in [0.4, 0.5) is 17.6 Å². The summed E-state index contributed by atoms with van der Waals surface area (Å²) in [6.45, 7) is 0. The van der Waals surface area contributed by atoms with Gasteiger partial charge in [-0.05, 0) is 29.0 Å². The molecule has 1 unspecified atom stereocenters. The summed E-state index contributed by atoms with van der Waals surface area (Å²) in [5.41, 5.74) is 0.255. The SMILES string of the molecule is CNC(CC(F)(F)F)c1cc(Br)c(F)cc1OC. The van der Waals surface area contributed by atoms with Gasteiger partial charge in [-0.25, -0.2) is 4.39 Å². The van der Waals surface area contributed by atoms with Crippen LogP contribution in [0.15, 0.2) is 16.6 Å². The van der Waals surface area contributed by atoms with Crippen molar-refractivity contribution in [2.45, 2.75) is 18.6 Å². The number of hydrogen-bond donors (Lipinski definition) is 1. The van der Waals surface area contributed by atoms with Gasteiger partial charge in [-0.1, -0.05) is 0 Å². The molecule has 1 atom stereocenters. The van der Waals surface area contributed by atoms with E-state index in [4.69, 9.17) is 4.74 Å². The maximum Gasteiger partial charge on any atom is 0.390 e. The lowest BCUT2D eigenvalue weighted by atomic mass is 10.0. The van der Waals surface area contributed by atoms with E-state index < -0.39 is 24.5 Å². The van der Waals surface area contributed by atoms with Crippen LogP contribution in [-0.4, -0.2) is 20.3 Å². The van der Waals surface area contributed by atoms with E-state index in [-0.39, 0.29) is 15.8 Å². The average Bonchev–Trinajstić information content (AvgIpc) is 2.28. The third kappa shape index (κ3) is 3.84. The number of hydrogen-bond acceptors (Lipinski definition) is 2. The Labute approximate surface area is 110 Å². The molecule has 7 heteroatoms. The number of rotatable bonds is 4. The molecule has 18 heavy (non-hydrogen) atoms. The predicted molar refractivity (Wildman–Crippen MR) is 63.1 cm³/mol. The minimum atomic E-state index is -4.32. The maximum atomic E-state index is 13.3. The van der Waals surface area contributed by atoms with E-state index in [1.807, 2.05) is 0 Å². The first kappa shape index (κ1) is 15.2. The molecule has 102 valence electrons. The summed E-state index contributed by atoms with van der Waals surface area (Å²) in [5.74, 6) is -0.503. The lowest BCUT2D eigenvalue weighted by molar-refractivity contribution is -0.140. The highest BCUT2D eigenvalue weighted by atomic mass is 79.9. The first-order valence-corrected chi connectivity index (χ1v) is 5.84. The summed E-state index contributed by atoms with van der Waals surface area (Å²) in [6.07, 6.45) is -5.38. The normalized spacial score (nSPS) is 13.5. The van der Waals surface area contributed by atoms with Gasteiger partial charge >= 0.3 is 6.18 Å². The van der Waals surface area contributed by atoms with E-state index in [1.165, 1.54) is 20.2 Å². The minimum absolute atomic E-state index is 0.0827. The maximum absolute atomic E-state index is 13.3. The summed E-state index contributed by atoms with van der Waals surface area (Å²) in [5, 5.41) is 2.55. The van der Waals surface area contributed by atoms with Crippen LogP contribution in [-0.2, 0) is 0 Å². The Bertz CT molecular complexity index is 422. The molecule has 0 aliphatic carbocycles. The molecule has 0 amide bonds. The van der Waals surface area contributed by atoms with Crippen LogP contribution in [0.3, 0.4) is 0 Å². The number of methoxy groups -OCH3 is 1. The number of nitrogens with one attached hydrogen (secondary N) is 1. The van der Waals surface area contributed by atoms with E-state index in [9.17, 15) is 17.6 Å². The molecule has 1 rings (SSSR count). The second-order valence-corrected chi connectivity index (χ2v) is 4.52. The fourth-order valence-electron chi connectivity index (χ4n) is 1.59. The van der Waals surface area contributed by atoms with Crippen LogP contribution >= 0.6 is 15.9 Å². The number of benzene rings is 1. The molecule has 2 nitrogen and oxygen atoms in total. The van der Waals surface area contributed by atoms with Gasteiger partial charge in [0.2, 0.25) is 0 Å². The second kappa shape index (κ2) is 5.88. The molecular formula is C11H12BrF4NO. The van der Waals surface area contributed by atoms with Crippen LogP contribution < -0.4 is 10.1 Å². The average molecular weight is 330 g/mol. The highest BCUT2D eigenvalue weighted by molar-refractivity contribution is 9.10. The lowest BCUT2D eigenvalue weighted by Gasteiger charge is -2.21. The third-order valence-corrected chi connectivity index (χ3v) is 3.04. The van der Waals surface area contributed by atoms with Crippen molar-refractivity contribution in [2.75, 3.05) is 14.2 Å². The lowest BCUT2D eigenvalue weighted by Crippen LogP contribution is -2.24. The fraction of sp³-hybridized carbons (Fsp3) is 0.455. The monoisotopic (exact) mass is 329 g/mol. The van der Waals surface area contributed by atoms with Crippen molar-refractivity contribution in [2.24, 2.45) is 0 Å². The highest BCUT2D eigenvalue weighted by Gasteiger charge is 2.33. The molecule has 0 radical (unpaired) electrons. The van der Waals surface area contributed by atoms with Crippen molar-refractivity contribution in [1.29, 1.82) is 0 Å². The van der Waals surface area contributed by atoms with E-state index in [0.29, 0.717) is 0 Å². The quantitative estimate of drug-likeness (QED) is 0.848. The summed E-state index contributed by atoms with van der Waals surface area (Å²) < 4.78 is 55.6. The van der Waals surface area contributed by atoms with Gasteiger partial charge in [0.1, 0.15) is 11.6 Å². The van der Waals surface area contributed by atoms with Gasteiger partial charge in [0.25, 0.3) is 0 Å². The summed E-state index contributed by atoms with van der Waals surface area (Å²) in [6, 6.07) is 1.36. The van der Waals surface area contributed by atoms with Crippen molar-refractivity contribution >= 4 is 15.9 Å². The van der Waals surface area contributed by atoms with E-state index in [2.05, 4.69) is 21.2 Å². The zero-order valence-electron chi connectivity index (χ0n) is 9.74. The molecule has 0 heterocycles. The smallest absolute Gasteiger partial charge is 0.390 e. The zero-order chi connectivity index (χ0) is 13.9. The molecule has 1 N–H and O–H groups in total. The summed E-state index contributed by atoms with van der Waals surface area (Å²) in [4.78, 5) is 0. The Hall–Kier alpha value is -0.820. The largest absolute Gasteiger partial charge is 0.496 e. The van der Waals surface area contributed by atoms with Crippen molar-refractivity contribution in [3.63, 3.8) is 0 Å². The predicted octanol–water partition coefficient (Wildman–Crippen LogP) is 3.81. The van der Waals surface area contributed by atoms with E-state index in [0.717, 1.165) is 6.07 Å². The number of ether oxygens (including phenoxy) is 1.